The van der Waals surface area contributed by atoms with Crippen molar-refractivity contribution in [3.63, 3.8) is 0 Å². The van der Waals surface area contributed by atoms with Crippen LogP contribution in [-0.4, -0.2) is 50.1 Å². The summed E-state index contributed by atoms with van der Waals surface area (Å²) in [5.41, 5.74) is 5.31. The highest BCUT2D eigenvalue weighted by molar-refractivity contribution is 8.02. The molecule has 43 heavy (non-hydrogen) atoms. The zero-order valence-electron chi connectivity index (χ0n) is 24.1. The van der Waals surface area contributed by atoms with Crippen LogP contribution in [0.3, 0.4) is 0 Å². The summed E-state index contributed by atoms with van der Waals surface area (Å²) in [5, 5.41) is 18.1. The summed E-state index contributed by atoms with van der Waals surface area (Å²) in [6.07, 6.45) is 2.14. The highest BCUT2D eigenvalue weighted by atomic mass is 32.2. The monoisotopic (exact) mass is 615 g/mol. The van der Waals surface area contributed by atoms with Gasteiger partial charge < -0.3 is 19.1 Å². The second-order valence-electron chi connectivity index (χ2n) is 9.48. The molecule has 0 unspecified atom stereocenters. The van der Waals surface area contributed by atoms with Crippen molar-refractivity contribution in [3.8, 4) is 17.2 Å². The summed E-state index contributed by atoms with van der Waals surface area (Å²) >= 11 is 1.17. The molecule has 0 aromatic heterocycles. The van der Waals surface area contributed by atoms with Crippen LogP contribution in [0.5, 0.6) is 17.2 Å². The number of ether oxygens (including phenoxy) is 3. The molecule has 228 valence electrons. The van der Waals surface area contributed by atoms with Crippen LogP contribution in [0.25, 0.3) is 0 Å². The molecule has 0 bridgehead atoms. The second-order valence-corrected chi connectivity index (χ2v) is 10.4. The molecule has 1 heterocycles. The van der Waals surface area contributed by atoms with Crippen LogP contribution in [-0.2, 0) is 5.75 Å². The molecule has 3 aromatic rings. The first-order valence-corrected chi connectivity index (χ1v) is 14.2. The maximum absolute atomic E-state index is 15.0. The Kier molecular flexibility index (Phi) is 10.7. The fraction of sp³-hybridized carbons (Fsp3) is 0.258. The minimum Gasteiger partial charge on any atom is -0.493 e. The zero-order valence-corrected chi connectivity index (χ0v) is 24.9. The van der Waals surface area contributed by atoms with Crippen LogP contribution in [0.4, 0.5) is 24.5 Å². The van der Waals surface area contributed by atoms with Crippen molar-refractivity contribution >= 4 is 23.1 Å². The number of methoxy groups -OCH3 is 2. The van der Waals surface area contributed by atoms with E-state index in [0.29, 0.717) is 28.0 Å². The van der Waals surface area contributed by atoms with Gasteiger partial charge >= 0.3 is 0 Å². The van der Waals surface area contributed by atoms with Gasteiger partial charge in [0.05, 0.1) is 27.4 Å². The molecule has 0 amide bonds. The second kappa shape index (κ2) is 14.4. The molecule has 1 aliphatic heterocycles. The molecule has 3 aromatic carbocycles. The van der Waals surface area contributed by atoms with Crippen LogP contribution in [0, 0.1) is 17.5 Å². The topological polar surface area (TPSA) is 77.9 Å². The van der Waals surface area contributed by atoms with Crippen molar-refractivity contribution in [1.29, 1.82) is 0 Å². The van der Waals surface area contributed by atoms with Gasteiger partial charge in [0.15, 0.2) is 11.5 Å². The summed E-state index contributed by atoms with van der Waals surface area (Å²) < 4.78 is 60.2. The van der Waals surface area contributed by atoms with Gasteiger partial charge in [-0.3, -0.25) is 15.3 Å². The Balaban J connectivity index is 1.62. The number of rotatable bonds is 13. The third-order valence-corrected chi connectivity index (χ3v) is 7.49. The predicted octanol–water partition coefficient (Wildman–Crippen LogP) is 7.09. The van der Waals surface area contributed by atoms with E-state index < -0.39 is 17.5 Å². The molecule has 0 saturated carbocycles. The van der Waals surface area contributed by atoms with Gasteiger partial charge in [-0.25, -0.2) is 13.2 Å². The molecule has 0 saturated heterocycles. The fourth-order valence-corrected chi connectivity index (χ4v) is 5.43. The fourth-order valence-electron chi connectivity index (χ4n) is 4.31. The molecule has 0 spiro atoms. The number of hydrogen-bond acceptors (Lipinski definition) is 9. The van der Waals surface area contributed by atoms with E-state index >= 15 is 8.78 Å². The molecule has 8 nitrogen and oxygen atoms in total. The maximum atomic E-state index is 15.0. The van der Waals surface area contributed by atoms with Crippen molar-refractivity contribution in [3.05, 3.63) is 106 Å². The van der Waals surface area contributed by atoms with Crippen LogP contribution in [0.2, 0.25) is 0 Å². The highest BCUT2D eigenvalue weighted by Gasteiger charge is 2.26. The summed E-state index contributed by atoms with van der Waals surface area (Å²) in [4.78, 5) is 3.75. The number of hydrogen-bond donors (Lipinski definition) is 2. The first-order valence-electron chi connectivity index (χ1n) is 13.2. The van der Waals surface area contributed by atoms with Gasteiger partial charge in [0.25, 0.3) is 0 Å². The molecule has 0 atom stereocenters. The zero-order chi connectivity index (χ0) is 31.1. The molecule has 1 aliphatic rings. The summed E-state index contributed by atoms with van der Waals surface area (Å²) in [6, 6.07) is 13.6. The van der Waals surface area contributed by atoms with Crippen LogP contribution in [0.1, 0.15) is 18.9 Å². The van der Waals surface area contributed by atoms with Crippen molar-refractivity contribution in [2.45, 2.75) is 19.1 Å². The van der Waals surface area contributed by atoms with Crippen LogP contribution in [0.15, 0.2) is 82.8 Å². The Morgan fingerprint density at radius 1 is 0.930 bits per heavy atom. The van der Waals surface area contributed by atoms with Gasteiger partial charge in [-0.2, -0.15) is 0 Å². The Morgan fingerprint density at radius 2 is 1.60 bits per heavy atom. The van der Waals surface area contributed by atoms with Gasteiger partial charge in [-0.1, -0.05) is 22.7 Å². The first kappa shape index (κ1) is 31.9. The van der Waals surface area contributed by atoms with Gasteiger partial charge in [0.1, 0.15) is 34.1 Å². The standard InChI is InChI=1S/C31H32F3N3O5S/c1-20-14-30(35(2)23-10-11-28(40-3)29(16-23)41-4)37(22-8-6-21(32)7-9-22)31(15-20)43-19-25-26(33)17-24(18-27(25)34)42-13-5-12-36(38)39/h6-11,14,16-18,38-39H,5,12-13,19H2,1-4H3. The quantitative estimate of drug-likeness (QED) is 0.119. The van der Waals surface area contributed by atoms with Crippen LogP contribution >= 0.6 is 11.8 Å². The highest BCUT2D eigenvalue weighted by Crippen LogP contribution is 2.40. The lowest BCUT2D eigenvalue weighted by Gasteiger charge is -2.36. The number of nitrogens with zero attached hydrogens (tertiary/aromatic N) is 3. The molecule has 0 fully saturated rings. The Morgan fingerprint density at radius 3 is 2.23 bits per heavy atom. The first-order chi connectivity index (χ1) is 20.6. The van der Waals surface area contributed by atoms with Gasteiger partial charge in [0.2, 0.25) is 0 Å². The number of anilines is 2. The Bertz CT molecular complexity index is 1520. The maximum Gasteiger partial charge on any atom is 0.162 e. The third kappa shape index (κ3) is 7.86. The smallest absolute Gasteiger partial charge is 0.162 e. The van der Waals surface area contributed by atoms with Crippen molar-refractivity contribution in [2.75, 3.05) is 44.2 Å². The van der Waals surface area contributed by atoms with Gasteiger partial charge in [-0.05, 0) is 61.4 Å². The van der Waals surface area contributed by atoms with E-state index in [9.17, 15) is 4.39 Å². The molecule has 2 N–H and O–H groups in total. The molecular weight excluding hydrogens is 583 g/mol. The van der Waals surface area contributed by atoms with E-state index in [-0.39, 0.29) is 41.9 Å². The molecule has 0 aliphatic carbocycles. The third-order valence-electron chi connectivity index (χ3n) is 6.50. The lowest BCUT2D eigenvalue weighted by molar-refractivity contribution is -0.307. The van der Waals surface area contributed by atoms with E-state index in [1.165, 1.54) is 23.9 Å². The van der Waals surface area contributed by atoms with Crippen molar-refractivity contribution in [1.82, 2.24) is 5.23 Å². The number of thioether (sulfide) groups is 1. The van der Waals surface area contributed by atoms with E-state index in [1.807, 2.05) is 42.0 Å². The van der Waals surface area contributed by atoms with E-state index in [2.05, 4.69) is 5.73 Å². The minimum absolute atomic E-state index is 0.00601. The van der Waals surface area contributed by atoms with Crippen molar-refractivity contribution in [2.24, 2.45) is 0 Å². The molecule has 0 radical (unpaired) electrons. The number of allylic oxidation sites excluding steroid dienone is 2. The van der Waals surface area contributed by atoms with E-state index in [4.69, 9.17) is 24.6 Å². The predicted molar refractivity (Wildman–Crippen MR) is 159 cm³/mol. The van der Waals surface area contributed by atoms with E-state index in [1.54, 1.807) is 32.4 Å². The van der Waals surface area contributed by atoms with Crippen molar-refractivity contribution < 1.29 is 37.8 Å². The lowest BCUT2D eigenvalue weighted by atomic mass is 10.2. The average Bonchev–Trinajstić information content (AvgIpc) is 2.98. The molecule has 12 heteroatoms. The summed E-state index contributed by atoms with van der Waals surface area (Å²) in [6.45, 7) is 1.83. The normalized spacial score (nSPS) is 13.0. The number of hydroxylamine groups is 2. The number of halogens is 3. The van der Waals surface area contributed by atoms with Crippen LogP contribution < -0.4 is 24.0 Å². The Labute approximate surface area is 252 Å². The van der Waals surface area contributed by atoms with Gasteiger partial charge in [-0.15, -0.1) is 0 Å². The average molecular weight is 616 g/mol. The molecular formula is C31H32F3N3O5S. The SMILES string of the molecule is COc1ccc(N(C)C2=CC(C)=C=C(SCc3c(F)cc(OCCCN(O)O)cc3F)N2c2ccc(F)cc2)cc1OC. The van der Waals surface area contributed by atoms with E-state index in [0.717, 1.165) is 23.4 Å². The lowest BCUT2D eigenvalue weighted by Crippen LogP contribution is -2.33. The largest absolute Gasteiger partial charge is 0.493 e. The Hall–Kier alpha value is -4.06. The molecule has 4 rings (SSSR count). The number of benzene rings is 3. The summed E-state index contributed by atoms with van der Waals surface area (Å²) in [5.74, 6) is -0.239. The van der Waals surface area contributed by atoms with Gasteiger partial charge in [0, 0.05) is 47.9 Å². The minimum atomic E-state index is -0.780. The summed E-state index contributed by atoms with van der Waals surface area (Å²) in [7, 11) is 4.97.